The van der Waals surface area contributed by atoms with Crippen molar-refractivity contribution >= 4 is 11.8 Å². The van der Waals surface area contributed by atoms with Crippen molar-refractivity contribution in [3.05, 3.63) is 47.8 Å². The van der Waals surface area contributed by atoms with Crippen LogP contribution in [0.3, 0.4) is 0 Å². The Balaban J connectivity index is 1.72. The Hall–Kier alpha value is -2.67. The number of hydrogen-bond acceptors (Lipinski definition) is 4. The lowest BCUT2D eigenvalue weighted by Gasteiger charge is -2.31. The highest BCUT2D eigenvalue weighted by Crippen LogP contribution is 2.20. The number of piperidine rings is 1. The standard InChI is InChI=1S/C19H25N5O2/c1-14-12-17(22-24(14)16-7-3-2-4-8-16)19(26)23-11-5-6-15(13-23)18(25)21-10-9-20/h2-4,7-8,12,15H,5-6,9-11,13,20H2,1H3,(H,21,25). The highest BCUT2D eigenvalue weighted by molar-refractivity contribution is 5.93. The fraction of sp³-hybridized carbons (Fsp3) is 0.421. The smallest absolute Gasteiger partial charge is 0.274 e. The Morgan fingerprint density at radius 2 is 2.08 bits per heavy atom. The minimum Gasteiger partial charge on any atom is -0.355 e. The van der Waals surface area contributed by atoms with E-state index in [4.69, 9.17) is 5.73 Å². The van der Waals surface area contributed by atoms with Crippen molar-refractivity contribution in [1.82, 2.24) is 20.0 Å². The van der Waals surface area contributed by atoms with E-state index in [1.807, 2.05) is 37.3 Å². The zero-order chi connectivity index (χ0) is 18.5. The van der Waals surface area contributed by atoms with E-state index in [0.29, 0.717) is 31.9 Å². The Bertz CT molecular complexity index is 771. The summed E-state index contributed by atoms with van der Waals surface area (Å²) in [6.07, 6.45) is 1.60. The summed E-state index contributed by atoms with van der Waals surface area (Å²) in [7, 11) is 0. The van der Waals surface area contributed by atoms with Gasteiger partial charge < -0.3 is 16.0 Å². The minimum absolute atomic E-state index is 0.0288. The van der Waals surface area contributed by atoms with Crippen LogP contribution in [0.15, 0.2) is 36.4 Å². The average Bonchev–Trinajstić information content (AvgIpc) is 3.08. The van der Waals surface area contributed by atoms with Gasteiger partial charge in [-0.15, -0.1) is 0 Å². The second-order valence-corrected chi connectivity index (χ2v) is 6.59. The summed E-state index contributed by atoms with van der Waals surface area (Å²) in [6, 6.07) is 11.5. The molecule has 0 bridgehead atoms. The first-order valence-electron chi connectivity index (χ1n) is 8.99. The molecule has 0 aliphatic carbocycles. The number of nitrogens with zero attached hydrogens (tertiary/aromatic N) is 3. The van der Waals surface area contributed by atoms with E-state index >= 15 is 0 Å². The van der Waals surface area contributed by atoms with Gasteiger partial charge in [-0.25, -0.2) is 4.68 Å². The monoisotopic (exact) mass is 355 g/mol. The number of aromatic nitrogens is 2. The van der Waals surface area contributed by atoms with Gasteiger partial charge in [-0.3, -0.25) is 9.59 Å². The van der Waals surface area contributed by atoms with Gasteiger partial charge in [0.2, 0.25) is 5.91 Å². The summed E-state index contributed by atoms with van der Waals surface area (Å²) in [6.45, 7) is 3.88. The van der Waals surface area contributed by atoms with Crippen LogP contribution in [0.2, 0.25) is 0 Å². The molecule has 1 atom stereocenters. The third-order valence-corrected chi connectivity index (χ3v) is 4.63. The van der Waals surface area contributed by atoms with Crippen molar-refractivity contribution in [3.8, 4) is 5.69 Å². The molecule has 2 heterocycles. The molecule has 138 valence electrons. The van der Waals surface area contributed by atoms with E-state index < -0.39 is 0 Å². The lowest BCUT2D eigenvalue weighted by atomic mass is 9.97. The average molecular weight is 355 g/mol. The first-order valence-corrected chi connectivity index (χ1v) is 8.99. The number of amides is 2. The molecular weight excluding hydrogens is 330 g/mol. The number of nitrogens with two attached hydrogens (primary N) is 1. The minimum atomic E-state index is -0.184. The molecule has 1 aromatic heterocycles. The molecule has 1 aliphatic heterocycles. The molecule has 1 fully saturated rings. The van der Waals surface area contributed by atoms with Gasteiger partial charge in [0.1, 0.15) is 0 Å². The molecule has 0 radical (unpaired) electrons. The van der Waals surface area contributed by atoms with Crippen molar-refractivity contribution in [2.24, 2.45) is 11.7 Å². The van der Waals surface area contributed by atoms with Crippen LogP contribution >= 0.6 is 0 Å². The van der Waals surface area contributed by atoms with Crippen molar-refractivity contribution in [1.29, 1.82) is 0 Å². The molecule has 26 heavy (non-hydrogen) atoms. The lowest BCUT2D eigenvalue weighted by molar-refractivity contribution is -0.126. The van der Waals surface area contributed by atoms with Gasteiger partial charge >= 0.3 is 0 Å². The molecule has 3 N–H and O–H groups in total. The van der Waals surface area contributed by atoms with Crippen molar-refractivity contribution in [2.75, 3.05) is 26.2 Å². The molecule has 1 aliphatic rings. The maximum absolute atomic E-state index is 12.9. The molecule has 7 heteroatoms. The van der Waals surface area contributed by atoms with Crippen LogP contribution < -0.4 is 11.1 Å². The maximum Gasteiger partial charge on any atom is 0.274 e. The van der Waals surface area contributed by atoms with Gasteiger partial charge in [0.05, 0.1) is 11.6 Å². The second kappa shape index (κ2) is 8.14. The summed E-state index contributed by atoms with van der Waals surface area (Å²) >= 11 is 0. The number of nitrogens with one attached hydrogen (secondary N) is 1. The summed E-state index contributed by atoms with van der Waals surface area (Å²) in [4.78, 5) is 26.8. The first-order chi connectivity index (χ1) is 12.6. The van der Waals surface area contributed by atoms with Gasteiger partial charge in [-0.2, -0.15) is 5.10 Å². The van der Waals surface area contributed by atoms with Crippen molar-refractivity contribution in [3.63, 3.8) is 0 Å². The van der Waals surface area contributed by atoms with Gasteiger partial charge in [0, 0.05) is 31.9 Å². The Morgan fingerprint density at radius 3 is 2.81 bits per heavy atom. The normalized spacial score (nSPS) is 17.2. The number of para-hydroxylation sites is 1. The molecule has 2 amide bonds. The summed E-state index contributed by atoms with van der Waals surface area (Å²) in [5, 5.41) is 7.30. The second-order valence-electron chi connectivity index (χ2n) is 6.59. The van der Waals surface area contributed by atoms with Gasteiger partial charge in [-0.1, -0.05) is 18.2 Å². The summed E-state index contributed by atoms with van der Waals surface area (Å²) in [5.74, 6) is -0.338. The number of aryl methyl sites for hydroxylation is 1. The Morgan fingerprint density at radius 1 is 1.31 bits per heavy atom. The quantitative estimate of drug-likeness (QED) is 0.840. The number of likely N-dealkylation sites (tertiary alicyclic amines) is 1. The van der Waals surface area contributed by atoms with Crippen LogP contribution in [-0.4, -0.2) is 52.7 Å². The largest absolute Gasteiger partial charge is 0.355 e. The maximum atomic E-state index is 12.9. The van der Waals surface area contributed by atoms with E-state index in [2.05, 4.69) is 10.4 Å². The van der Waals surface area contributed by atoms with E-state index in [9.17, 15) is 9.59 Å². The van der Waals surface area contributed by atoms with Gasteiger partial charge in [0.15, 0.2) is 5.69 Å². The van der Waals surface area contributed by atoms with E-state index in [1.165, 1.54) is 0 Å². The lowest BCUT2D eigenvalue weighted by Crippen LogP contribution is -2.46. The zero-order valence-electron chi connectivity index (χ0n) is 15.0. The number of hydrogen-bond donors (Lipinski definition) is 2. The summed E-state index contributed by atoms with van der Waals surface area (Å²) in [5.41, 5.74) is 7.66. The topological polar surface area (TPSA) is 93.2 Å². The number of carbonyl (C=O) groups excluding carboxylic acids is 2. The van der Waals surface area contributed by atoms with Crippen molar-refractivity contribution < 1.29 is 9.59 Å². The highest BCUT2D eigenvalue weighted by Gasteiger charge is 2.30. The fourth-order valence-corrected chi connectivity index (χ4v) is 3.29. The van der Waals surface area contributed by atoms with Crippen LogP contribution in [0, 0.1) is 12.8 Å². The SMILES string of the molecule is Cc1cc(C(=O)N2CCCC(C(=O)NCCN)C2)nn1-c1ccccc1. The predicted octanol–water partition coefficient (Wildman–Crippen LogP) is 1.11. The molecular formula is C19H25N5O2. The molecule has 7 nitrogen and oxygen atoms in total. The third-order valence-electron chi connectivity index (χ3n) is 4.63. The Kier molecular flexibility index (Phi) is 5.68. The number of benzene rings is 1. The van der Waals surface area contributed by atoms with Crippen LogP contribution in [0.1, 0.15) is 29.0 Å². The molecule has 3 rings (SSSR count). The van der Waals surface area contributed by atoms with Gasteiger partial charge in [0.25, 0.3) is 5.91 Å². The Labute approximate surface area is 153 Å². The molecule has 1 aromatic carbocycles. The van der Waals surface area contributed by atoms with E-state index in [-0.39, 0.29) is 17.7 Å². The number of carbonyl (C=O) groups is 2. The molecule has 1 saturated heterocycles. The van der Waals surface area contributed by atoms with E-state index in [1.54, 1.807) is 15.6 Å². The molecule has 0 saturated carbocycles. The van der Waals surface area contributed by atoms with Crippen LogP contribution in [0.4, 0.5) is 0 Å². The molecule has 2 aromatic rings. The third kappa shape index (κ3) is 3.94. The van der Waals surface area contributed by atoms with E-state index in [0.717, 1.165) is 24.2 Å². The van der Waals surface area contributed by atoms with Crippen LogP contribution in [0.5, 0.6) is 0 Å². The first kappa shape index (κ1) is 18.1. The number of rotatable bonds is 5. The predicted molar refractivity (Wildman–Crippen MR) is 99.0 cm³/mol. The molecule has 0 spiro atoms. The van der Waals surface area contributed by atoms with Crippen LogP contribution in [0.25, 0.3) is 5.69 Å². The highest BCUT2D eigenvalue weighted by atomic mass is 16.2. The van der Waals surface area contributed by atoms with Crippen LogP contribution in [-0.2, 0) is 4.79 Å². The zero-order valence-corrected chi connectivity index (χ0v) is 15.0. The van der Waals surface area contributed by atoms with Gasteiger partial charge in [-0.05, 0) is 38.0 Å². The fourth-order valence-electron chi connectivity index (χ4n) is 3.29. The van der Waals surface area contributed by atoms with Crippen molar-refractivity contribution in [2.45, 2.75) is 19.8 Å². The molecule has 1 unspecified atom stereocenters. The summed E-state index contributed by atoms with van der Waals surface area (Å²) < 4.78 is 1.77.